The average molecular weight is 329 g/mol. The van der Waals surface area contributed by atoms with E-state index in [1.807, 2.05) is 35.0 Å². The van der Waals surface area contributed by atoms with Crippen LogP contribution in [0.5, 0.6) is 5.75 Å². The van der Waals surface area contributed by atoms with E-state index in [2.05, 4.69) is 6.92 Å². The molecule has 0 amide bonds. The highest BCUT2D eigenvalue weighted by Gasteiger charge is 2.25. The lowest BCUT2D eigenvalue weighted by Crippen LogP contribution is -2.04. The summed E-state index contributed by atoms with van der Waals surface area (Å²) in [6.45, 7) is 2.09. The Bertz CT molecular complexity index is 925. The summed E-state index contributed by atoms with van der Waals surface area (Å²) in [6, 6.07) is 11.2. The van der Waals surface area contributed by atoms with Crippen molar-refractivity contribution >= 4 is 15.4 Å². The van der Waals surface area contributed by atoms with E-state index in [0.717, 1.165) is 24.8 Å². The number of hydrogen-bond donors (Lipinski definition) is 1. The number of phenolic OH excluding ortho intramolecular Hbond substituents is 1. The van der Waals surface area contributed by atoms with Crippen molar-refractivity contribution in [3.63, 3.8) is 0 Å². The van der Waals surface area contributed by atoms with Gasteiger partial charge in [-0.05, 0) is 54.8 Å². The zero-order chi connectivity index (χ0) is 16.4. The van der Waals surface area contributed by atoms with Crippen LogP contribution in [0.15, 0.2) is 64.6 Å². The summed E-state index contributed by atoms with van der Waals surface area (Å²) in [5.74, 6) is 0.0527. The number of phenols is 1. The highest BCUT2D eigenvalue weighted by Crippen LogP contribution is 2.31. The first-order valence-corrected chi connectivity index (χ1v) is 9.15. The van der Waals surface area contributed by atoms with Gasteiger partial charge in [0.1, 0.15) is 10.6 Å². The zero-order valence-electron chi connectivity index (χ0n) is 12.9. The summed E-state index contributed by atoms with van der Waals surface area (Å²) < 4.78 is 28.1. The first-order valence-electron chi connectivity index (χ1n) is 7.66. The van der Waals surface area contributed by atoms with Gasteiger partial charge in [-0.15, -0.1) is 0 Å². The second kappa shape index (κ2) is 6.08. The second-order valence-electron chi connectivity index (χ2n) is 5.58. The summed E-state index contributed by atoms with van der Waals surface area (Å²) in [5, 5.41) is 9.40. The van der Waals surface area contributed by atoms with Crippen LogP contribution in [-0.2, 0) is 16.3 Å². The summed E-state index contributed by atoms with van der Waals surface area (Å²) >= 11 is 0. The molecule has 3 aromatic rings. The lowest BCUT2D eigenvalue weighted by molar-refractivity contribution is 0.475. The van der Waals surface area contributed by atoms with Crippen LogP contribution in [0.4, 0.5) is 0 Å². The van der Waals surface area contributed by atoms with Crippen LogP contribution < -0.4 is 0 Å². The van der Waals surface area contributed by atoms with E-state index in [9.17, 15) is 13.5 Å². The lowest BCUT2D eigenvalue weighted by Gasteiger charge is -2.07. The van der Waals surface area contributed by atoms with Gasteiger partial charge in [0.25, 0.3) is 0 Å². The van der Waals surface area contributed by atoms with E-state index in [0.29, 0.717) is 10.4 Å². The third-order valence-corrected chi connectivity index (χ3v) is 5.83. The minimum Gasteiger partial charge on any atom is -0.508 e. The van der Waals surface area contributed by atoms with Crippen LogP contribution in [0.1, 0.15) is 25.3 Å². The van der Waals surface area contributed by atoms with Gasteiger partial charge in [0.2, 0.25) is 9.84 Å². The van der Waals surface area contributed by atoms with Crippen molar-refractivity contribution in [1.82, 2.24) is 4.40 Å². The molecule has 23 heavy (non-hydrogen) atoms. The molecule has 0 bridgehead atoms. The number of rotatable bonds is 5. The maximum Gasteiger partial charge on any atom is 0.208 e. The number of aryl methyl sites for hydroxylation is 1. The molecule has 0 unspecified atom stereocenters. The minimum atomic E-state index is -3.63. The van der Waals surface area contributed by atoms with E-state index in [1.54, 1.807) is 0 Å². The Labute approximate surface area is 135 Å². The molecule has 1 aromatic carbocycles. The molecule has 0 spiro atoms. The zero-order valence-corrected chi connectivity index (χ0v) is 13.8. The number of unbranched alkanes of at least 4 members (excludes halogenated alkanes) is 1. The smallest absolute Gasteiger partial charge is 0.208 e. The molecular weight excluding hydrogens is 310 g/mol. The predicted octanol–water partition coefficient (Wildman–Crippen LogP) is 3.82. The molecule has 0 aliphatic carbocycles. The quantitative estimate of drug-likeness (QED) is 0.774. The number of aromatic hydroxyl groups is 1. The Morgan fingerprint density at radius 2 is 1.83 bits per heavy atom. The van der Waals surface area contributed by atoms with E-state index in [-0.39, 0.29) is 10.6 Å². The fourth-order valence-electron chi connectivity index (χ4n) is 2.75. The van der Waals surface area contributed by atoms with E-state index in [1.165, 1.54) is 24.3 Å². The Hall–Kier alpha value is -2.27. The maximum atomic E-state index is 13.1. The van der Waals surface area contributed by atoms with E-state index < -0.39 is 9.84 Å². The molecule has 2 heterocycles. The van der Waals surface area contributed by atoms with Gasteiger partial charge in [-0.2, -0.15) is 0 Å². The summed E-state index contributed by atoms with van der Waals surface area (Å²) in [6.07, 6.45) is 6.43. The highest BCUT2D eigenvalue weighted by molar-refractivity contribution is 7.91. The summed E-state index contributed by atoms with van der Waals surface area (Å²) in [4.78, 5) is 0.572. The average Bonchev–Trinajstić information content (AvgIpc) is 2.92. The molecule has 0 aliphatic rings. The predicted molar refractivity (Wildman–Crippen MR) is 89.6 cm³/mol. The molecule has 0 radical (unpaired) electrons. The fourth-order valence-corrected chi connectivity index (χ4v) is 4.43. The van der Waals surface area contributed by atoms with Crippen LogP contribution in [0, 0.1) is 0 Å². The van der Waals surface area contributed by atoms with E-state index in [4.69, 9.17) is 0 Å². The van der Waals surface area contributed by atoms with Crippen LogP contribution in [0.25, 0.3) is 5.52 Å². The van der Waals surface area contributed by atoms with Crippen LogP contribution in [0.2, 0.25) is 0 Å². The van der Waals surface area contributed by atoms with Gasteiger partial charge in [0.15, 0.2) is 0 Å². The molecule has 0 saturated carbocycles. The normalized spacial score (nSPS) is 11.9. The Morgan fingerprint density at radius 1 is 1.09 bits per heavy atom. The molecule has 4 nitrogen and oxygen atoms in total. The molecule has 120 valence electrons. The molecule has 0 atom stereocenters. The number of aromatic nitrogens is 1. The Kier molecular flexibility index (Phi) is 4.13. The molecule has 0 saturated heterocycles. The number of hydrogen-bond acceptors (Lipinski definition) is 3. The van der Waals surface area contributed by atoms with Gasteiger partial charge < -0.3 is 9.51 Å². The van der Waals surface area contributed by atoms with Gasteiger partial charge in [-0.25, -0.2) is 8.42 Å². The van der Waals surface area contributed by atoms with Gasteiger partial charge in [0.05, 0.1) is 10.4 Å². The van der Waals surface area contributed by atoms with E-state index >= 15 is 0 Å². The highest BCUT2D eigenvalue weighted by atomic mass is 32.2. The molecular formula is C18H19NO3S. The maximum absolute atomic E-state index is 13.1. The summed E-state index contributed by atoms with van der Waals surface area (Å²) in [5.41, 5.74) is 1.53. The van der Waals surface area contributed by atoms with Crippen molar-refractivity contribution in [1.29, 1.82) is 0 Å². The molecule has 2 aromatic heterocycles. The molecule has 5 heteroatoms. The molecule has 0 aliphatic heterocycles. The second-order valence-corrected chi connectivity index (χ2v) is 7.46. The topological polar surface area (TPSA) is 58.8 Å². The van der Waals surface area contributed by atoms with Crippen molar-refractivity contribution in [2.24, 2.45) is 0 Å². The van der Waals surface area contributed by atoms with Crippen LogP contribution in [0.3, 0.4) is 0 Å². The molecule has 1 N–H and O–H groups in total. The van der Waals surface area contributed by atoms with Crippen LogP contribution >= 0.6 is 0 Å². The number of fused-ring (bicyclic) bond motifs is 1. The third-order valence-electron chi connectivity index (χ3n) is 3.92. The fraction of sp³-hybridized carbons (Fsp3) is 0.222. The Balaban J connectivity index is 2.22. The van der Waals surface area contributed by atoms with Crippen molar-refractivity contribution in [2.75, 3.05) is 0 Å². The van der Waals surface area contributed by atoms with Crippen molar-refractivity contribution in [3.05, 3.63) is 60.4 Å². The monoisotopic (exact) mass is 329 g/mol. The number of nitrogens with zero attached hydrogens (tertiary/aromatic N) is 1. The lowest BCUT2D eigenvalue weighted by atomic mass is 10.1. The van der Waals surface area contributed by atoms with Gasteiger partial charge in [-0.1, -0.05) is 19.4 Å². The third kappa shape index (κ3) is 2.84. The molecule has 0 fully saturated rings. The Morgan fingerprint density at radius 3 is 2.52 bits per heavy atom. The van der Waals surface area contributed by atoms with Gasteiger partial charge in [-0.3, -0.25) is 0 Å². The van der Waals surface area contributed by atoms with Crippen molar-refractivity contribution in [3.8, 4) is 5.75 Å². The first kappa shape index (κ1) is 15.6. The summed E-state index contributed by atoms with van der Waals surface area (Å²) in [7, 11) is -3.63. The molecule has 3 rings (SSSR count). The van der Waals surface area contributed by atoms with Crippen molar-refractivity contribution in [2.45, 2.75) is 36.0 Å². The van der Waals surface area contributed by atoms with Gasteiger partial charge in [0, 0.05) is 12.4 Å². The standard InChI is InChI=1S/C18H19NO3S/c1-2-3-6-14-13-19-12-5-4-7-17(19)18(14)23(21,22)16-10-8-15(20)9-11-16/h4-5,7-13,20H,2-3,6H2,1H3. The SMILES string of the molecule is CCCCc1cn2ccccc2c1S(=O)(=O)c1ccc(O)cc1. The van der Waals surface area contributed by atoms with Gasteiger partial charge >= 0.3 is 0 Å². The number of sulfone groups is 1. The van der Waals surface area contributed by atoms with Crippen LogP contribution in [-0.4, -0.2) is 17.9 Å². The van der Waals surface area contributed by atoms with Crippen molar-refractivity contribution < 1.29 is 13.5 Å². The number of benzene rings is 1. The number of pyridine rings is 1. The first-order chi connectivity index (χ1) is 11.0. The largest absolute Gasteiger partial charge is 0.508 e. The minimum absolute atomic E-state index is 0.0527.